The molecule has 0 bridgehead atoms. The smallest absolute Gasteiger partial charge is 0.0128 e. The molecule has 1 saturated carbocycles. The minimum atomic E-state index is 0.374. The van der Waals surface area contributed by atoms with Gasteiger partial charge in [0.05, 0.1) is 0 Å². The maximum atomic E-state index is 2.70. The monoisotopic (exact) mass is 181 g/mol. The molecule has 76 valence electrons. The summed E-state index contributed by atoms with van der Waals surface area (Å²) in [6.07, 6.45) is 5.91. The van der Waals surface area contributed by atoms with Gasteiger partial charge >= 0.3 is 0 Å². The van der Waals surface area contributed by atoms with Gasteiger partial charge in [0.1, 0.15) is 0 Å². The molecule has 1 atom stereocenters. The van der Waals surface area contributed by atoms with Gasteiger partial charge in [-0.2, -0.15) is 0 Å². The number of likely N-dealkylation sites (tertiary alicyclic amines) is 1. The van der Waals surface area contributed by atoms with Crippen molar-refractivity contribution in [3.8, 4) is 0 Å². The molecule has 1 heterocycles. The Morgan fingerprint density at radius 1 is 1.23 bits per heavy atom. The normalized spacial score (nSPS) is 33.7. The van der Waals surface area contributed by atoms with E-state index in [-0.39, 0.29) is 0 Å². The third-order valence-electron chi connectivity index (χ3n) is 4.04. The summed E-state index contributed by atoms with van der Waals surface area (Å²) < 4.78 is 0. The first-order valence-electron chi connectivity index (χ1n) is 5.70. The number of hydrogen-bond acceptors (Lipinski definition) is 1. The van der Waals surface area contributed by atoms with Crippen molar-refractivity contribution in [1.82, 2.24) is 4.90 Å². The lowest BCUT2D eigenvalue weighted by Gasteiger charge is -2.40. The first-order valence-corrected chi connectivity index (χ1v) is 5.70. The average molecular weight is 181 g/mol. The predicted molar refractivity (Wildman–Crippen MR) is 56.8 cm³/mol. The highest BCUT2D eigenvalue weighted by Crippen LogP contribution is 2.51. The van der Waals surface area contributed by atoms with E-state index in [0.717, 1.165) is 11.5 Å². The maximum Gasteiger partial charge on any atom is 0.0128 e. The lowest BCUT2D eigenvalue weighted by molar-refractivity contribution is 0.0902. The second-order valence-corrected chi connectivity index (χ2v) is 6.21. The predicted octanol–water partition coefficient (Wildman–Crippen LogP) is 3.05. The van der Waals surface area contributed by atoms with E-state index in [1.807, 2.05) is 0 Å². The lowest BCUT2D eigenvalue weighted by Crippen LogP contribution is -2.45. The van der Waals surface area contributed by atoms with E-state index in [1.165, 1.54) is 32.2 Å². The topological polar surface area (TPSA) is 3.24 Å². The summed E-state index contributed by atoms with van der Waals surface area (Å²) in [6.45, 7) is 10.8. The van der Waals surface area contributed by atoms with Crippen LogP contribution in [0, 0.1) is 5.41 Å². The minimum absolute atomic E-state index is 0.374. The molecule has 1 saturated heterocycles. The molecule has 2 rings (SSSR count). The van der Waals surface area contributed by atoms with Crippen molar-refractivity contribution in [3.63, 3.8) is 0 Å². The van der Waals surface area contributed by atoms with E-state index in [9.17, 15) is 0 Å². The van der Waals surface area contributed by atoms with E-state index in [1.54, 1.807) is 0 Å². The standard InChI is InChI=1S/C12H23N/c1-10-8-12(6-5-7-12)9-13(10)11(2,3)4/h10H,5-9H2,1-4H3. The SMILES string of the molecule is CC1CC2(CCC2)CN1C(C)(C)C. The highest BCUT2D eigenvalue weighted by molar-refractivity contribution is 5.02. The van der Waals surface area contributed by atoms with Crippen LogP contribution in [0.5, 0.6) is 0 Å². The van der Waals surface area contributed by atoms with E-state index in [4.69, 9.17) is 0 Å². The zero-order valence-electron chi connectivity index (χ0n) is 9.56. The first kappa shape index (κ1) is 9.51. The van der Waals surface area contributed by atoms with Crippen molar-refractivity contribution in [2.45, 2.75) is 65.0 Å². The summed E-state index contributed by atoms with van der Waals surface area (Å²) in [4.78, 5) is 2.70. The van der Waals surface area contributed by atoms with Crippen LogP contribution in [-0.4, -0.2) is 23.0 Å². The summed E-state index contributed by atoms with van der Waals surface area (Å²) >= 11 is 0. The quantitative estimate of drug-likeness (QED) is 0.555. The molecule has 2 fully saturated rings. The van der Waals surface area contributed by atoms with E-state index < -0.39 is 0 Å². The van der Waals surface area contributed by atoms with Crippen LogP contribution in [0.2, 0.25) is 0 Å². The third kappa shape index (κ3) is 1.52. The summed E-state index contributed by atoms with van der Waals surface area (Å²) in [5.74, 6) is 0. The third-order valence-corrected chi connectivity index (χ3v) is 4.04. The van der Waals surface area contributed by atoms with Gasteiger partial charge in [-0.3, -0.25) is 4.90 Å². The second kappa shape index (κ2) is 2.73. The molecule has 0 aromatic rings. The Morgan fingerprint density at radius 3 is 2.08 bits per heavy atom. The van der Waals surface area contributed by atoms with Crippen LogP contribution in [0.15, 0.2) is 0 Å². The van der Waals surface area contributed by atoms with Gasteiger partial charge < -0.3 is 0 Å². The maximum absolute atomic E-state index is 2.70. The highest BCUT2D eigenvalue weighted by atomic mass is 15.2. The van der Waals surface area contributed by atoms with Crippen molar-refractivity contribution in [3.05, 3.63) is 0 Å². The fraction of sp³-hybridized carbons (Fsp3) is 1.00. The van der Waals surface area contributed by atoms with Crippen LogP contribution in [0.4, 0.5) is 0 Å². The molecule has 0 aromatic carbocycles. The van der Waals surface area contributed by atoms with Crippen molar-refractivity contribution >= 4 is 0 Å². The van der Waals surface area contributed by atoms with Gasteiger partial charge in [-0.05, 0) is 52.4 Å². The fourth-order valence-corrected chi connectivity index (χ4v) is 3.26. The number of rotatable bonds is 0. The molecule has 13 heavy (non-hydrogen) atoms. The molecule has 0 amide bonds. The van der Waals surface area contributed by atoms with Gasteiger partial charge in [-0.25, -0.2) is 0 Å². The van der Waals surface area contributed by atoms with E-state index in [2.05, 4.69) is 32.6 Å². The van der Waals surface area contributed by atoms with Crippen LogP contribution in [0.3, 0.4) is 0 Å². The van der Waals surface area contributed by atoms with Crippen LogP contribution < -0.4 is 0 Å². The van der Waals surface area contributed by atoms with E-state index in [0.29, 0.717) is 5.54 Å². The zero-order valence-corrected chi connectivity index (χ0v) is 9.56. The van der Waals surface area contributed by atoms with Gasteiger partial charge in [-0.15, -0.1) is 0 Å². The summed E-state index contributed by atoms with van der Waals surface area (Å²) in [6, 6.07) is 0.806. The Hall–Kier alpha value is -0.0400. The number of nitrogens with zero attached hydrogens (tertiary/aromatic N) is 1. The molecule has 2 aliphatic rings. The Balaban J connectivity index is 2.07. The summed E-state index contributed by atoms with van der Waals surface area (Å²) in [5, 5.41) is 0. The molecule has 1 unspecified atom stereocenters. The molecule has 1 heteroatoms. The molecule has 1 aliphatic carbocycles. The average Bonchev–Trinajstić information content (AvgIpc) is 2.24. The Labute approximate surface area is 82.5 Å². The molecule has 1 nitrogen and oxygen atoms in total. The molecule has 0 radical (unpaired) electrons. The molecule has 1 spiro atoms. The Morgan fingerprint density at radius 2 is 1.85 bits per heavy atom. The largest absolute Gasteiger partial charge is 0.295 e. The second-order valence-electron chi connectivity index (χ2n) is 6.21. The Bertz CT molecular complexity index is 198. The van der Waals surface area contributed by atoms with E-state index >= 15 is 0 Å². The molecular weight excluding hydrogens is 158 g/mol. The lowest BCUT2D eigenvalue weighted by atomic mass is 9.68. The summed E-state index contributed by atoms with van der Waals surface area (Å²) in [7, 11) is 0. The van der Waals surface area contributed by atoms with Crippen LogP contribution in [0.1, 0.15) is 53.4 Å². The van der Waals surface area contributed by atoms with Crippen LogP contribution in [0.25, 0.3) is 0 Å². The number of hydrogen-bond donors (Lipinski definition) is 0. The van der Waals surface area contributed by atoms with Crippen molar-refractivity contribution in [2.75, 3.05) is 6.54 Å². The van der Waals surface area contributed by atoms with Crippen molar-refractivity contribution in [1.29, 1.82) is 0 Å². The van der Waals surface area contributed by atoms with Gasteiger partial charge in [0.2, 0.25) is 0 Å². The highest BCUT2D eigenvalue weighted by Gasteiger charge is 2.48. The van der Waals surface area contributed by atoms with Crippen LogP contribution >= 0.6 is 0 Å². The van der Waals surface area contributed by atoms with Gasteiger partial charge in [0, 0.05) is 18.1 Å². The molecular formula is C12H23N. The molecule has 1 aliphatic heterocycles. The van der Waals surface area contributed by atoms with Crippen molar-refractivity contribution < 1.29 is 0 Å². The first-order chi connectivity index (χ1) is 5.93. The minimum Gasteiger partial charge on any atom is -0.295 e. The molecule has 0 aromatic heterocycles. The van der Waals surface area contributed by atoms with Gasteiger partial charge in [0.15, 0.2) is 0 Å². The Kier molecular flexibility index (Phi) is 1.99. The van der Waals surface area contributed by atoms with Crippen molar-refractivity contribution in [2.24, 2.45) is 5.41 Å². The van der Waals surface area contributed by atoms with Gasteiger partial charge in [-0.1, -0.05) is 6.42 Å². The van der Waals surface area contributed by atoms with Gasteiger partial charge in [0.25, 0.3) is 0 Å². The zero-order chi connectivity index (χ0) is 9.69. The summed E-state index contributed by atoms with van der Waals surface area (Å²) in [5.41, 5.74) is 1.12. The fourth-order valence-electron chi connectivity index (χ4n) is 3.26. The molecule has 0 N–H and O–H groups in total. The van der Waals surface area contributed by atoms with Crippen LogP contribution in [-0.2, 0) is 0 Å².